The van der Waals surface area contributed by atoms with Gasteiger partial charge in [0.2, 0.25) is 5.91 Å². The number of aromatic hydroxyl groups is 1. The largest absolute Gasteiger partial charge is 0.505 e. The number of nitrogens with two attached hydrogens (primary N) is 1. The molecule has 0 bridgehead atoms. The summed E-state index contributed by atoms with van der Waals surface area (Å²) in [4.78, 5) is 13.4. The van der Waals surface area contributed by atoms with Crippen molar-refractivity contribution in [1.29, 1.82) is 0 Å². The van der Waals surface area contributed by atoms with Gasteiger partial charge in [-0.25, -0.2) is 0 Å². The molecule has 1 fully saturated rings. The predicted molar refractivity (Wildman–Crippen MR) is 67.6 cm³/mol. The molecule has 1 aromatic rings. The number of nitrogens with zero attached hydrogens (tertiary/aromatic N) is 1. The van der Waals surface area contributed by atoms with Crippen LogP contribution in [0.15, 0.2) is 12.1 Å². The van der Waals surface area contributed by atoms with E-state index in [1.165, 1.54) is 12.1 Å². The first-order valence-corrected chi connectivity index (χ1v) is 5.97. The molecule has 6 heteroatoms. The van der Waals surface area contributed by atoms with Crippen molar-refractivity contribution in [1.82, 2.24) is 0 Å². The minimum absolute atomic E-state index is 0.00160. The Bertz CT molecular complexity index is 442. The molecule has 1 unspecified atom stereocenters. The summed E-state index contributed by atoms with van der Waals surface area (Å²) in [5.74, 6) is -0.00812. The highest BCUT2D eigenvalue weighted by Crippen LogP contribution is 2.37. The van der Waals surface area contributed by atoms with Crippen LogP contribution in [-0.4, -0.2) is 24.1 Å². The van der Waals surface area contributed by atoms with Crippen LogP contribution in [0, 0.1) is 5.92 Å². The summed E-state index contributed by atoms with van der Waals surface area (Å²) in [6.07, 6.45) is 0.437. The van der Waals surface area contributed by atoms with Gasteiger partial charge in [-0.1, -0.05) is 23.2 Å². The van der Waals surface area contributed by atoms with E-state index in [0.29, 0.717) is 25.2 Å². The lowest BCUT2D eigenvalue weighted by molar-refractivity contribution is -0.117. The molecule has 1 aliphatic rings. The number of hydrogen-bond acceptors (Lipinski definition) is 3. The molecule has 0 saturated carbocycles. The molecule has 2 rings (SSSR count). The van der Waals surface area contributed by atoms with E-state index in [4.69, 9.17) is 28.9 Å². The Morgan fingerprint density at radius 3 is 2.47 bits per heavy atom. The number of amides is 1. The van der Waals surface area contributed by atoms with Crippen LogP contribution >= 0.6 is 23.2 Å². The predicted octanol–water partition coefficient (Wildman–Crippen LogP) is 2.01. The first-order chi connectivity index (χ1) is 8.02. The van der Waals surface area contributed by atoms with Gasteiger partial charge >= 0.3 is 0 Å². The summed E-state index contributed by atoms with van der Waals surface area (Å²) in [6.45, 7) is 1.04. The number of phenols is 1. The number of anilines is 1. The SMILES string of the molecule is NCC1CC(=O)N(c2cc(Cl)c(O)c(Cl)c2)C1. The summed E-state index contributed by atoms with van der Waals surface area (Å²) in [6, 6.07) is 3.05. The minimum Gasteiger partial charge on any atom is -0.505 e. The lowest BCUT2D eigenvalue weighted by Crippen LogP contribution is -2.25. The van der Waals surface area contributed by atoms with E-state index in [2.05, 4.69) is 0 Å². The Hall–Kier alpha value is -0.970. The smallest absolute Gasteiger partial charge is 0.227 e. The van der Waals surface area contributed by atoms with E-state index in [9.17, 15) is 9.90 Å². The Labute approximate surface area is 109 Å². The van der Waals surface area contributed by atoms with Crippen molar-refractivity contribution < 1.29 is 9.90 Å². The highest BCUT2D eigenvalue weighted by molar-refractivity contribution is 6.37. The molecule has 1 aromatic carbocycles. The van der Waals surface area contributed by atoms with Crippen molar-refractivity contribution >= 4 is 34.8 Å². The molecule has 3 N–H and O–H groups in total. The molecule has 0 spiro atoms. The fourth-order valence-electron chi connectivity index (χ4n) is 1.90. The number of phenolic OH excluding ortho intramolecular Hbond substituents is 1. The molecule has 1 heterocycles. The third kappa shape index (κ3) is 2.34. The zero-order valence-corrected chi connectivity index (χ0v) is 10.5. The Morgan fingerprint density at radius 1 is 1.41 bits per heavy atom. The van der Waals surface area contributed by atoms with Gasteiger partial charge in [0.1, 0.15) is 0 Å². The maximum atomic E-state index is 11.8. The van der Waals surface area contributed by atoms with Gasteiger partial charge in [0.25, 0.3) is 0 Å². The number of benzene rings is 1. The van der Waals surface area contributed by atoms with Gasteiger partial charge in [-0.2, -0.15) is 0 Å². The maximum absolute atomic E-state index is 11.8. The highest BCUT2D eigenvalue weighted by Gasteiger charge is 2.30. The molecular formula is C11H12Cl2N2O2. The second-order valence-corrected chi connectivity index (χ2v) is 4.88. The monoisotopic (exact) mass is 274 g/mol. The van der Waals surface area contributed by atoms with Gasteiger partial charge < -0.3 is 15.7 Å². The van der Waals surface area contributed by atoms with Crippen molar-refractivity contribution in [3.05, 3.63) is 22.2 Å². The summed E-state index contributed by atoms with van der Waals surface area (Å²) in [5.41, 5.74) is 6.15. The summed E-state index contributed by atoms with van der Waals surface area (Å²) in [7, 11) is 0. The van der Waals surface area contributed by atoms with Crippen LogP contribution < -0.4 is 10.6 Å². The van der Waals surface area contributed by atoms with Gasteiger partial charge in [0.15, 0.2) is 5.75 Å². The minimum atomic E-state index is -0.167. The molecule has 4 nitrogen and oxygen atoms in total. The number of hydrogen-bond donors (Lipinski definition) is 2. The quantitative estimate of drug-likeness (QED) is 0.867. The standard InChI is InChI=1S/C11H12Cl2N2O2/c12-8-2-7(3-9(13)11(8)17)15-5-6(4-14)1-10(15)16/h2-3,6,17H,1,4-5,14H2. The molecule has 0 radical (unpaired) electrons. The second kappa shape index (κ2) is 4.72. The van der Waals surface area contributed by atoms with Gasteiger partial charge in [0.05, 0.1) is 10.0 Å². The van der Waals surface area contributed by atoms with E-state index in [-0.39, 0.29) is 27.6 Å². The normalized spacial score (nSPS) is 20.1. The van der Waals surface area contributed by atoms with Crippen molar-refractivity contribution in [2.75, 3.05) is 18.0 Å². The van der Waals surface area contributed by atoms with Crippen molar-refractivity contribution in [3.63, 3.8) is 0 Å². The summed E-state index contributed by atoms with van der Waals surface area (Å²) in [5, 5.41) is 9.72. The zero-order valence-electron chi connectivity index (χ0n) is 8.99. The van der Waals surface area contributed by atoms with E-state index in [0.717, 1.165) is 0 Å². The van der Waals surface area contributed by atoms with E-state index in [1.54, 1.807) is 4.90 Å². The average molecular weight is 275 g/mol. The van der Waals surface area contributed by atoms with Gasteiger partial charge in [0, 0.05) is 18.7 Å². The maximum Gasteiger partial charge on any atom is 0.227 e. The van der Waals surface area contributed by atoms with Gasteiger partial charge in [-0.3, -0.25) is 4.79 Å². The summed E-state index contributed by atoms with van der Waals surface area (Å²) >= 11 is 11.6. The molecular weight excluding hydrogens is 263 g/mol. The third-order valence-electron chi connectivity index (χ3n) is 2.85. The fourth-order valence-corrected chi connectivity index (χ4v) is 2.37. The second-order valence-electron chi connectivity index (χ2n) is 4.07. The lowest BCUT2D eigenvalue weighted by Gasteiger charge is -2.17. The van der Waals surface area contributed by atoms with Crippen molar-refractivity contribution in [3.8, 4) is 5.75 Å². The van der Waals surface area contributed by atoms with E-state index >= 15 is 0 Å². The third-order valence-corrected chi connectivity index (χ3v) is 3.43. The van der Waals surface area contributed by atoms with Crippen LogP contribution in [0.3, 0.4) is 0 Å². The molecule has 0 aromatic heterocycles. The van der Waals surface area contributed by atoms with Crippen LogP contribution in [0.5, 0.6) is 5.75 Å². The topological polar surface area (TPSA) is 66.6 Å². The van der Waals surface area contributed by atoms with Gasteiger partial charge in [-0.05, 0) is 24.6 Å². The van der Waals surface area contributed by atoms with Crippen LogP contribution in [0.25, 0.3) is 0 Å². The Morgan fingerprint density at radius 2 is 2.00 bits per heavy atom. The number of rotatable bonds is 2. The molecule has 1 atom stereocenters. The number of halogens is 2. The lowest BCUT2D eigenvalue weighted by atomic mass is 10.1. The number of carbonyl (C=O) groups is 1. The molecule has 1 aliphatic heterocycles. The first-order valence-electron chi connectivity index (χ1n) is 5.21. The van der Waals surface area contributed by atoms with Gasteiger partial charge in [-0.15, -0.1) is 0 Å². The van der Waals surface area contributed by atoms with E-state index in [1.807, 2.05) is 0 Å². The molecule has 1 saturated heterocycles. The molecule has 1 amide bonds. The number of carbonyl (C=O) groups excluding carboxylic acids is 1. The Kier molecular flexibility index (Phi) is 3.47. The average Bonchev–Trinajstić information content (AvgIpc) is 2.67. The molecule has 92 valence electrons. The molecule has 17 heavy (non-hydrogen) atoms. The van der Waals surface area contributed by atoms with Crippen LogP contribution in [0.2, 0.25) is 10.0 Å². The van der Waals surface area contributed by atoms with Crippen molar-refractivity contribution in [2.45, 2.75) is 6.42 Å². The van der Waals surface area contributed by atoms with Crippen LogP contribution in [0.4, 0.5) is 5.69 Å². The van der Waals surface area contributed by atoms with Crippen LogP contribution in [0.1, 0.15) is 6.42 Å². The van der Waals surface area contributed by atoms with E-state index < -0.39 is 0 Å². The fraction of sp³-hybridized carbons (Fsp3) is 0.364. The van der Waals surface area contributed by atoms with Crippen LogP contribution in [-0.2, 0) is 4.79 Å². The first kappa shape index (κ1) is 12.5. The Balaban J connectivity index is 2.32. The highest BCUT2D eigenvalue weighted by atomic mass is 35.5. The van der Waals surface area contributed by atoms with Crippen molar-refractivity contribution in [2.24, 2.45) is 11.7 Å². The summed E-state index contributed by atoms with van der Waals surface area (Å²) < 4.78 is 0. The molecule has 0 aliphatic carbocycles. The zero-order chi connectivity index (χ0) is 12.6.